The molecule has 0 saturated carbocycles. The monoisotopic (exact) mass is 325 g/mol. The van der Waals surface area contributed by atoms with Crippen LogP contribution in [-0.4, -0.2) is 31.8 Å². The Kier molecular flexibility index (Phi) is 5.10. The molecule has 0 bridgehead atoms. The molecule has 0 radical (unpaired) electrons. The maximum atomic E-state index is 12.8. The molecule has 0 fully saturated rings. The number of hydrogen-bond donors (Lipinski definition) is 1. The molecule has 0 saturated heterocycles. The fourth-order valence-electron chi connectivity index (χ4n) is 2.11. The molecule has 0 atom stereocenters. The summed E-state index contributed by atoms with van der Waals surface area (Å²) >= 11 is 1.47. The molecule has 0 aliphatic carbocycles. The van der Waals surface area contributed by atoms with Crippen molar-refractivity contribution in [3.05, 3.63) is 45.9 Å². The number of pyridine rings is 1. The summed E-state index contributed by atoms with van der Waals surface area (Å²) in [5.74, 6) is 0. The van der Waals surface area contributed by atoms with E-state index in [1.54, 1.807) is 25.5 Å². The van der Waals surface area contributed by atoms with E-state index in [1.165, 1.54) is 15.6 Å². The molecule has 2 rings (SSSR count). The zero-order valence-corrected chi connectivity index (χ0v) is 14.0. The van der Waals surface area contributed by atoms with Crippen LogP contribution in [0.5, 0.6) is 0 Å². The Hall–Kier alpha value is -1.28. The van der Waals surface area contributed by atoms with Gasteiger partial charge in [0.15, 0.2) is 0 Å². The SMILES string of the molecule is CNCc1scc(C)c1S(=O)(=O)N(C)Cc1cccnc1. The van der Waals surface area contributed by atoms with E-state index < -0.39 is 10.0 Å². The van der Waals surface area contributed by atoms with Crippen molar-refractivity contribution in [1.82, 2.24) is 14.6 Å². The van der Waals surface area contributed by atoms with Gasteiger partial charge in [-0.25, -0.2) is 8.42 Å². The summed E-state index contributed by atoms with van der Waals surface area (Å²) in [6, 6.07) is 3.67. The molecule has 114 valence electrons. The second-order valence-corrected chi connectivity index (χ2v) is 7.77. The van der Waals surface area contributed by atoms with Crippen molar-refractivity contribution >= 4 is 21.4 Å². The van der Waals surface area contributed by atoms with Gasteiger partial charge in [-0.1, -0.05) is 6.07 Å². The minimum Gasteiger partial charge on any atom is -0.315 e. The molecule has 21 heavy (non-hydrogen) atoms. The Morgan fingerprint density at radius 3 is 2.81 bits per heavy atom. The Bertz CT molecular complexity index is 696. The smallest absolute Gasteiger partial charge is 0.244 e. The first-order valence-corrected chi connectivity index (χ1v) is 8.85. The molecule has 5 nitrogen and oxygen atoms in total. The van der Waals surface area contributed by atoms with E-state index in [9.17, 15) is 8.42 Å². The molecule has 0 unspecified atom stereocenters. The van der Waals surface area contributed by atoms with E-state index in [-0.39, 0.29) is 0 Å². The second-order valence-electron chi connectivity index (χ2n) is 4.82. The lowest BCUT2D eigenvalue weighted by molar-refractivity contribution is 0.465. The molecule has 0 aromatic carbocycles. The topological polar surface area (TPSA) is 62.3 Å². The molecule has 0 aliphatic heterocycles. The number of aromatic nitrogens is 1. The first kappa shape index (κ1) is 16.1. The van der Waals surface area contributed by atoms with Gasteiger partial charge in [0, 0.05) is 37.4 Å². The van der Waals surface area contributed by atoms with Gasteiger partial charge in [-0.2, -0.15) is 4.31 Å². The molecule has 0 aliphatic rings. The molecule has 1 N–H and O–H groups in total. The lowest BCUT2D eigenvalue weighted by Crippen LogP contribution is -2.28. The summed E-state index contributed by atoms with van der Waals surface area (Å²) < 4.78 is 27.0. The summed E-state index contributed by atoms with van der Waals surface area (Å²) in [5.41, 5.74) is 1.66. The van der Waals surface area contributed by atoms with Crippen molar-refractivity contribution in [2.24, 2.45) is 0 Å². The Balaban J connectivity index is 2.31. The Morgan fingerprint density at radius 2 is 2.19 bits per heavy atom. The predicted octanol–water partition coefficient (Wildman–Crippen LogP) is 1.99. The molecule has 2 aromatic heterocycles. The van der Waals surface area contributed by atoms with Gasteiger partial charge in [-0.05, 0) is 36.5 Å². The number of sulfonamides is 1. The number of nitrogens with one attached hydrogen (secondary N) is 1. The number of nitrogens with zero attached hydrogens (tertiary/aromatic N) is 2. The summed E-state index contributed by atoms with van der Waals surface area (Å²) in [6.07, 6.45) is 3.35. The fraction of sp³-hybridized carbons (Fsp3) is 0.357. The third-order valence-corrected chi connectivity index (χ3v) is 6.39. The highest BCUT2D eigenvalue weighted by Gasteiger charge is 2.27. The first-order valence-electron chi connectivity index (χ1n) is 6.53. The Morgan fingerprint density at radius 1 is 1.43 bits per heavy atom. The van der Waals surface area contributed by atoms with Gasteiger partial charge in [0.1, 0.15) is 4.90 Å². The third-order valence-electron chi connectivity index (χ3n) is 3.12. The van der Waals surface area contributed by atoms with Gasteiger partial charge in [0.25, 0.3) is 0 Å². The molecule has 0 amide bonds. The van der Waals surface area contributed by atoms with Crippen molar-refractivity contribution in [2.45, 2.75) is 24.9 Å². The van der Waals surface area contributed by atoms with E-state index in [0.717, 1.165) is 16.0 Å². The van der Waals surface area contributed by atoms with Gasteiger partial charge < -0.3 is 5.32 Å². The van der Waals surface area contributed by atoms with Crippen molar-refractivity contribution in [1.29, 1.82) is 0 Å². The van der Waals surface area contributed by atoms with Crippen molar-refractivity contribution in [3.63, 3.8) is 0 Å². The van der Waals surface area contributed by atoms with Crippen LogP contribution in [0.15, 0.2) is 34.8 Å². The van der Waals surface area contributed by atoms with E-state index in [1.807, 2.05) is 25.4 Å². The van der Waals surface area contributed by atoms with Crippen LogP contribution in [0.2, 0.25) is 0 Å². The molecule has 2 aromatic rings. The molecular formula is C14H19N3O2S2. The van der Waals surface area contributed by atoms with Crippen LogP contribution in [0.3, 0.4) is 0 Å². The fourth-order valence-corrected chi connectivity index (χ4v) is 5.03. The zero-order valence-electron chi connectivity index (χ0n) is 12.3. The highest BCUT2D eigenvalue weighted by Crippen LogP contribution is 2.29. The number of thiophene rings is 1. The largest absolute Gasteiger partial charge is 0.315 e. The lowest BCUT2D eigenvalue weighted by Gasteiger charge is -2.18. The third kappa shape index (κ3) is 3.49. The molecule has 0 spiro atoms. The lowest BCUT2D eigenvalue weighted by atomic mass is 10.3. The highest BCUT2D eigenvalue weighted by molar-refractivity contribution is 7.89. The standard InChI is InChI=1S/C14H19N3O2S2/c1-11-10-20-13(8-15-2)14(11)21(18,19)17(3)9-12-5-4-6-16-7-12/h4-7,10,15H,8-9H2,1-3H3. The normalized spacial score (nSPS) is 12.0. The highest BCUT2D eigenvalue weighted by atomic mass is 32.2. The van der Waals surface area contributed by atoms with E-state index in [0.29, 0.717) is 18.0 Å². The number of aryl methyl sites for hydroxylation is 1. The summed E-state index contributed by atoms with van der Waals surface area (Å²) in [4.78, 5) is 5.28. The first-order chi connectivity index (χ1) is 9.96. The minimum absolute atomic E-state index is 0.310. The van der Waals surface area contributed by atoms with E-state index in [4.69, 9.17) is 0 Å². The van der Waals surface area contributed by atoms with E-state index in [2.05, 4.69) is 10.3 Å². The van der Waals surface area contributed by atoms with Crippen LogP contribution in [0.25, 0.3) is 0 Å². The minimum atomic E-state index is -3.50. The average Bonchev–Trinajstić information content (AvgIpc) is 2.82. The van der Waals surface area contributed by atoms with Gasteiger partial charge in [0.2, 0.25) is 10.0 Å². The van der Waals surface area contributed by atoms with Gasteiger partial charge in [0.05, 0.1) is 0 Å². The average molecular weight is 325 g/mol. The van der Waals surface area contributed by atoms with Crippen LogP contribution < -0.4 is 5.32 Å². The van der Waals surface area contributed by atoms with Gasteiger partial charge >= 0.3 is 0 Å². The Labute approximate surface area is 129 Å². The second kappa shape index (κ2) is 6.65. The maximum absolute atomic E-state index is 12.8. The maximum Gasteiger partial charge on any atom is 0.244 e. The quantitative estimate of drug-likeness (QED) is 0.882. The summed E-state index contributed by atoms with van der Waals surface area (Å²) in [5, 5.41) is 4.90. The van der Waals surface area contributed by atoms with E-state index >= 15 is 0 Å². The van der Waals surface area contributed by atoms with Gasteiger partial charge in [-0.15, -0.1) is 11.3 Å². The van der Waals surface area contributed by atoms with Crippen molar-refractivity contribution < 1.29 is 8.42 Å². The van der Waals surface area contributed by atoms with Crippen LogP contribution in [0.4, 0.5) is 0 Å². The summed E-state index contributed by atoms with van der Waals surface area (Å²) in [6.45, 7) is 2.69. The zero-order chi connectivity index (χ0) is 15.5. The molecule has 7 heteroatoms. The van der Waals surface area contributed by atoms with Crippen LogP contribution >= 0.6 is 11.3 Å². The summed E-state index contributed by atoms with van der Waals surface area (Å²) in [7, 11) is -0.0913. The van der Waals surface area contributed by atoms with Crippen molar-refractivity contribution in [3.8, 4) is 0 Å². The number of rotatable bonds is 6. The van der Waals surface area contributed by atoms with Crippen molar-refractivity contribution in [2.75, 3.05) is 14.1 Å². The number of hydrogen-bond acceptors (Lipinski definition) is 5. The van der Waals surface area contributed by atoms with Crippen LogP contribution in [0, 0.1) is 6.92 Å². The van der Waals surface area contributed by atoms with Crippen LogP contribution in [-0.2, 0) is 23.1 Å². The van der Waals surface area contributed by atoms with Gasteiger partial charge in [-0.3, -0.25) is 4.98 Å². The predicted molar refractivity (Wildman–Crippen MR) is 84.7 cm³/mol. The molecule has 2 heterocycles. The molecular weight excluding hydrogens is 306 g/mol. The van der Waals surface area contributed by atoms with Crippen LogP contribution in [0.1, 0.15) is 16.0 Å².